The van der Waals surface area contributed by atoms with Crippen molar-refractivity contribution in [2.45, 2.75) is 83.7 Å². The number of fused-ring (bicyclic) bond motifs is 4. The fourth-order valence-electron chi connectivity index (χ4n) is 4.47. The van der Waals surface area contributed by atoms with Crippen LogP contribution >= 0.6 is 0 Å². The number of carbonyl (C=O) groups is 2. The van der Waals surface area contributed by atoms with Gasteiger partial charge in [-0.1, -0.05) is 32.4 Å². The van der Waals surface area contributed by atoms with Gasteiger partial charge in [0.25, 0.3) is 0 Å². The fourth-order valence-corrected chi connectivity index (χ4v) is 5.91. The summed E-state index contributed by atoms with van der Waals surface area (Å²) in [5.74, 6) is 0.118. The highest BCUT2D eigenvalue weighted by molar-refractivity contribution is 6.74. The lowest BCUT2D eigenvalue weighted by atomic mass is 9.65. The molecule has 0 fully saturated rings. The zero-order chi connectivity index (χ0) is 23.2. The predicted octanol–water partition coefficient (Wildman–Crippen LogP) is 4.29. The van der Waals surface area contributed by atoms with Crippen molar-refractivity contribution < 1.29 is 18.8 Å². The molecular formula is C24H36N2O4Si. The number of Topliss-reactive ketones (excluding diaryl/α,β-unsaturated/α-hetero) is 1. The minimum atomic E-state index is -1.99. The summed E-state index contributed by atoms with van der Waals surface area (Å²) in [4.78, 5) is 31.2. The van der Waals surface area contributed by atoms with E-state index in [-0.39, 0.29) is 35.2 Å². The van der Waals surface area contributed by atoms with Crippen molar-refractivity contribution in [1.82, 2.24) is 10.3 Å². The van der Waals surface area contributed by atoms with Gasteiger partial charge in [0.15, 0.2) is 14.1 Å². The summed E-state index contributed by atoms with van der Waals surface area (Å²) in [6, 6.07) is 3.64. The molecule has 7 heteroatoms. The maximum atomic E-state index is 13.4. The van der Waals surface area contributed by atoms with Gasteiger partial charge in [0.2, 0.25) is 11.8 Å². The smallest absolute Gasteiger partial charge is 0.223 e. The van der Waals surface area contributed by atoms with Crippen LogP contribution < -0.4 is 10.1 Å². The number of aromatic nitrogens is 1. The number of ether oxygens (including phenoxy) is 1. The Labute approximate surface area is 186 Å². The lowest BCUT2D eigenvalue weighted by Crippen LogP contribution is -2.58. The van der Waals surface area contributed by atoms with Crippen molar-refractivity contribution >= 4 is 20.0 Å². The molecule has 0 saturated carbocycles. The van der Waals surface area contributed by atoms with Crippen LogP contribution in [-0.4, -0.2) is 38.2 Å². The average Bonchev–Trinajstić information content (AvgIpc) is 2.62. The number of carbonyl (C=O) groups excluding carboxylic acids is 2. The van der Waals surface area contributed by atoms with E-state index in [1.807, 2.05) is 26.0 Å². The highest BCUT2D eigenvalue weighted by atomic mass is 28.4. The molecule has 1 aromatic rings. The average molecular weight is 445 g/mol. The number of hydrogen-bond donors (Lipinski definition) is 1. The zero-order valence-corrected chi connectivity index (χ0v) is 21.1. The van der Waals surface area contributed by atoms with Gasteiger partial charge in [-0.2, -0.15) is 0 Å². The van der Waals surface area contributed by atoms with Gasteiger partial charge in [0.1, 0.15) is 5.54 Å². The zero-order valence-electron chi connectivity index (χ0n) is 20.1. The molecule has 0 spiro atoms. The van der Waals surface area contributed by atoms with Gasteiger partial charge in [-0.15, -0.1) is 0 Å². The number of methoxy groups -OCH3 is 1. The highest BCUT2D eigenvalue weighted by Crippen LogP contribution is 2.44. The van der Waals surface area contributed by atoms with E-state index in [2.05, 4.69) is 44.2 Å². The summed E-state index contributed by atoms with van der Waals surface area (Å²) in [6.07, 6.45) is 3.01. The Morgan fingerprint density at radius 2 is 2.03 bits per heavy atom. The molecule has 2 aliphatic rings. The van der Waals surface area contributed by atoms with E-state index in [4.69, 9.17) is 9.16 Å². The lowest BCUT2D eigenvalue weighted by Gasteiger charge is -2.44. The quantitative estimate of drug-likeness (QED) is 0.523. The van der Waals surface area contributed by atoms with E-state index in [1.54, 1.807) is 13.2 Å². The SMILES string of the molecule is COc1ccc2c(n1)C[C@@H]1C=C(C)C[C@@]2(NC(=O)CC(C)O[Si](C)(C)C(C)(C)C)C1=O. The van der Waals surface area contributed by atoms with Gasteiger partial charge >= 0.3 is 0 Å². The van der Waals surface area contributed by atoms with E-state index < -0.39 is 13.9 Å². The van der Waals surface area contributed by atoms with Crippen LogP contribution in [0, 0.1) is 5.92 Å². The third kappa shape index (κ3) is 4.48. The molecule has 170 valence electrons. The lowest BCUT2D eigenvalue weighted by molar-refractivity contribution is -0.136. The normalized spacial score (nSPS) is 24.2. The Morgan fingerprint density at radius 3 is 2.65 bits per heavy atom. The molecule has 6 nitrogen and oxygen atoms in total. The van der Waals surface area contributed by atoms with Crippen LogP contribution in [-0.2, 0) is 26.0 Å². The number of nitrogens with one attached hydrogen (secondary N) is 1. The summed E-state index contributed by atoms with van der Waals surface area (Å²) in [5.41, 5.74) is 1.65. The predicted molar refractivity (Wildman–Crippen MR) is 124 cm³/mol. The molecule has 1 unspecified atom stereocenters. The standard InChI is InChI=1S/C24H36N2O4Si/c1-15-11-17-13-19-18(9-10-21(25-19)29-6)24(14-15,22(17)28)26-20(27)12-16(2)30-31(7,8)23(3,4)5/h9-11,16-17H,12-14H2,1-8H3,(H,26,27)/t16?,17-,24-/m0/s1. The Bertz CT molecular complexity index is 919. The number of allylic oxidation sites excluding steroid dienone is 1. The molecule has 0 aliphatic heterocycles. The fraction of sp³-hybridized carbons (Fsp3) is 0.625. The second kappa shape index (κ2) is 8.17. The molecule has 0 saturated heterocycles. The molecule has 0 radical (unpaired) electrons. The highest BCUT2D eigenvalue weighted by Gasteiger charge is 2.51. The van der Waals surface area contributed by atoms with Gasteiger partial charge in [-0.05, 0) is 38.0 Å². The van der Waals surface area contributed by atoms with Crippen molar-refractivity contribution in [3.05, 3.63) is 35.0 Å². The first kappa shape index (κ1) is 23.7. The van der Waals surface area contributed by atoms with Crippen molar-refractivity contribution in [3.63, 3.8) is 0 Å². The number of ketones is 1. The molecular weight excluding hydrogens is 408 g/mol. The van der Waals surface area contributed by atoms with E-state index in [1.165, 1.54) is 0 Å². The van der Waals surface area contributed by atoms with E-state index in [0.29, 0.717) is 18.7 Å². The first-order valence-corrected chi connectivity index (χ1v) is 13.9. The second-order valence-electron chi connectivity index (χ2n) is 10.6. The molecule has 2 bridgehead atoms. The third-order valence-electron chi connectivity index (χ3n) is 6.95. The van der Waals surface area contributed by atoms with E-state index in [9.17, 15) is 9.59 Å². The summed E-state index contributed by atoms with van der Waals surface area (Å²) >= 11 is 0. The molecule has 3 rings (SSSR count). The van der Waals surface area contributed by atoms with Crippen molar-refractivity contribution in [2.75, 3.05) is 7.11 Å². The molecule has 1 heterocycles. The van der Waals surface area contributed by atoms with Crippen LogP contribution in [0.2, 0.25) is 18.1 Å². The number of pyridine rings is 1. The molecule has 2 aliphatic carbocycles. The maximum absolute atomic E-state index is 13.4. The van der Waals surface area contributed by atoms with Crippen LogP contribution in [0.25, 0.3) is 0 Å². The number of hydrogen-bond acceptors (Lipinski definition) is 5. The number of amides is 1. The Balaban J connectivity index is 1.86. The van der Waals surface area contributed by atoms with Crippen LogP contribution in [0.5, 0.6) is 5.88 Å². The Morgan fingerprint density at radius 1 is 1.35 bits per heavy atom. The van der Waals surface area contributed by atoms with Crippen molar-refractivity contribution in [3.8, 4) is 5.88 Å². The van der Waals surface area contributed by atoms with Crippen molar-refractivity contribution in [1.29, 1.82) is 0 Å². The Kier molecular flexibility index (Phi) is 6.24. The minimum absolute atomic E-state index is 0.0453. The number of nitrogens with zero attached hydrogens (tertiary/aromatic N) is 1. The first-order valence-electron chi connectivity index (χ1n) is 11.0. The monoisotopic (exact) mass is 444 g/mol. The summed E-state index contributed by atoms with van der Waals surface area (Å²) < 4.78 is 11.6. The molecule has 31 heavy (non-hydrogen) atoms. The maximum Gasteiger partial charge on any atom is 0.223 e. The van der Waals surface area contributed by atoms with Gasteiger partial charge in [0.05, 0.1) is 25.3 Å². The van der Waals surface area contributed by atoms with Gasteiger partial charge in [-0.3, -0.25) is 9.59 Å². The van der Waals surface area contributed by atoms with Gasteiger partial charge in [-0.25, -0.2) is 4.98 Å². The molecule has 1 N–H and O–H groups in total. The summed E-state index contributed by atoms with van der Waals surface area (Å²) in [6.45, 7) is 14.9. The largest absolute Gasteiger partial charge is 0.481 e. The molecule has 1 aromatic heterocycles. The Hall–Kier alpha value is -1.99. The van der Waals surface area contributed by atoms with Crippen LogP contribution in [0.3, 0.4) is 0 Å². The van der Waals surface area contributed by atoms with Crippen molar-refractivity contribution in [2.24, 2.45) is 5.92 Å². The van der Waals surface area contributed by atoms with Crippen LogP contribution in [0.15, 0.2) is 23.8 Å². The number of rotatable bonds is 6. The second-order valence-corrected chi connectivity index (χ2v) is 15.3. The molecule has 1 amide bonds. The topological polar surface area (TPSA) is 77.5 Å². The van der Waals surface area contributed by atoms with Gasteiger partial charge < -0.3 is 14.5 Å². The van der Waals surface area contributed by atoms with E-state index >= 15 is 0 Å². The van der Waals surface area contributed by atoms with Crippen LogP contribution in [0.4, 0.5) is 0 Å². The summed E-state index contributed by atoms with van der Waals surface area (Å²) in [7, 11) is -0.408. The minimum Gasteiger partial charge on any atom is -0.481 e. The first-order chi connectivity index (χ1) is 14.3. The van der Waals surface area contributed by atoms with Gasteiger partial charge in [0, 0.05) is 30.4 Å². The summed E-state index contributed by atoms with van der Waals surface area (Å²) in [5, 5.41) is 3.19. The van der Waals surface area contributed by atoms with Crippen LogP contribution in [0.1, 0.15) is 58.7 Å². The third-order valence-corrected chi connectivity index (χ3v) is 11.5. The molecule has 3 atom stereocenters. The van der Waals surface area contributed by atoms with E-state index in [0.717, 1.165) is 16.8 Å². The molecule has 0 aromatic carbocycles.